The molecule has 1 fully saturated rings. The van der Waals surface area contributed by atoms with Crippen LogP contribution < -0.4 is 5.32 Å². The van der Waals surface area contributed by atoms with E-state index < -0.39 is 0 Å². The summed E-state index contributed by atoms with van der Waals surface area (Å²) >= 11 is 0. The van der Waals surface area contributed by atoms with Gasteiger partial charge in [0.1, 0.15) is 0 Å². The van der Waals surface area contributed by atoms with Crippen LogP contribution in [0.5, 0.6) is 0 Å². The maximum atomic E-state index is 5.90. The summed E-state index contributed by atoms with van der Waals surface area (Å²) in [6, 6.07) is 2.42. The molecule has 18 heavy (non-hydrogen) atoms. The quantitative estimate of drug-likeness (QED) is 0.817. The van der Waals surface area contributed by atoms with Crippen LogP contribution in [0.4, 0.5) is 0 Å². The van der Waals surface area contributed by atoms with Crippen molar-refractivity contribution in [3.63, 3.8) is 0 Å². The molecule has 102 valence electrons. The third kappa shape index (κ3) is 3.54. The summed E-state index contributed by atoms with van der Waals surface area (Å²) in [5.74, 6) is 0. The number of ether oxygens (including phenoxy) is 1. The lowest BCUT2D eigenvalue weighted by Crippen LogP contribution is -2.52. The van der Waals surface area contributed by atoms with Crippen LogP contribution >= 0.6 is 0 Å². The first-order valence-electron chi connectivity index (χ1n) is 6.71. The lowest BCUT2D eigenvalue weighted by Gasteiger charge is -2.35. The van der Waals surface area contributed by atoms with Crippen molar-refractivity contribution in [2.24, 2.45) is 7.05 Å². The maximum absolute atomic E-state index is 5.90. The average molecular weight is 252 g/mol. The van der Waals surface area contributed by atoms with E-state index in [2.05, 4.69) is 35.4 Å². The minimum atomic E-state index is 0.255. The molecular formula is C13H24N4O. The highest BCUT2D eigenvalue weighted by Crippen LogP contribution is 2.11. The van der Waals surface area contributed by atoms with Gasteiger partial charge in [-0.1, -0.05) is 6.92 Å². The second-order valence-corrected chi connectivity index (χ2v) is 5.02. The van der Waals surface area contributed by atoms with Crippen molar-refractivity contribution in [2.75, 3.05) is 33.3 Å². The lowest BCUT2D eigenvalue weighted by molar-refractivity contribution is -0.0383. The predicted molar refractivity (Wildman–Crippen MR) is 71.6 cm³/mol. The number of morpholine rings is 1. The molecule has 5 nitrogen and oxygen atoms in total. The van der Waals surface area contributed by atoms with Crippen molar-refractivity contribution in [3.05, 3.63) is 18.0 Å². The Morgan fingerprint density at radius 3 is 3.00 bits per heavy atom. The first-order chi connectivity index (χ1) is 8.69. The van der Waals surface area contributed by atoms with E-state index in [1.807, 2.05) is 17.9 Å². The summed E-state index contributed by atoms with van der Waals surface area (Å²) < 4.78 is 7.76. The number of likely N-dealkylation sites (N-methyl/N-ethyl adjacent to an activating group) is 2. The molecule has 0 amide bonds. The second kappa shape index (κ2) is 6.31. The standard InChI is InChI=1S/C13H24N4O/c1-4-14-12(9-11-5-6-17(3)15-11)13-10-16(2)7-8-18-13/h5-6,12-14H,4,7-10H2,1-3H3. The van der Waals surface area contributed by atoms with Crippen LogP contribution in [0.15, 0.2) is 12.3 Å². The molecule has 2 unspecified atom stereocenters. The molecule has 2 rings (SSSR count). The molecule has 1 aliphatic heterocycles. The van der Waals surface area contributed by atoms with Gasteiger partial charge in [0, 0.05) is 38.8 Å². The molecule has 0 saturated carbocycles. The van der Waals surface area contributed by atoms with E-state index >= 15 is 0 Å². The van der Waals surface area contributed by atoms with Gasteiger partial charge in [0.2, 0.25) is 0 Å². The first kappa shape index (κ1) is 13.5. The Hall–Kier alpha value is -0.910. The van der Waals surface area contributed by atoms with Crippen LogP contribution in [0.3, 0.4) is 0 Å². The lowest BCUT2D eigenvalue weighted by atomic mass is 10.0. The van der Waals surface area contributed by atoms with Gasteiger partial charge in [0.25, 0.3) is 0 Å². The van der Waals surface area contributed by atoms with Gasteiger partial charge in [0.15, 0.2) is 0 Å². The zero-order valence-corrected chi connectivity index (χ0v) is 11.6. The Kier molecular flexibility index (Phi) is 4.74. The summed E-state index contributed by atoms with van der Waals surface area (Å²) in [6.45, 7) is 5.94. The number of rotatable bonds is 5. The highest BCUT2D eigenvalue weighted by molar-refractivity contribution is 5.03. The molecule has 2 heterocycles. The summed E-state index contributed by atoms with van der Waals surface area (Å²) in [5.41, 5.74) is 1.13. The molecule has 0 radical (unpaired) electrons. The van der Waals surface area contributed by atoms with Crippen molar-refractivity contribution >= 4 is 0 Å². The minimum Gasteiger partial charge on any atom is -0.374 e. The van der Waals surface area contributed by atoms with E-state index in [4.69, 9.17) is 4.74 Å². The predicted octanol–water partition coefficient (Wildman–Crippen LogP) is 0.271. The molecule has 5 heteroatoms. The minimum absolute atomic E-state index is 0.255. The fourth-order valence-corrected chi connectivity index (χ4v) is 2.45. The fraction of sp³-hybridized carbons (Fsp3) is 0.769. The van der Waals surface area contributed by atoms with E-state index in [1.54, 1.807) is 0 Å². The average Bonchev–Trinajstić information content (AvgIpc) is 2.74. The van der Waals surface area contributed by atoms with Crippen LogP contribution in [0.25, 0.3) is 0 Å². The van der Waals surface area contributed by atoms with Crippen LogP contribution in [0.1, 0.15) is 12.6 Å². The van der Waals surface area contributed by atoms with Crippen LogP contribution in [0.2, 0.25) is 0 Å². The molecule has 1 N–H and O–H groups in total. The Labute approximate surface area is 109 Å². The van der Waals surface area contributed by atoms with Gasteiger partial charge in [-0.3, -0.25) is 4.68 Å². The van der Waals surface area contributed by atoms with Crippen LogP contribution in [0, 0.1) is 0 Å². The number of hydrogen-bond acceptors (Lipinski definition) is 4. The van der Waals surface area contributed by atoms with E-state index in [1.165, 1.54) is 0 Å². The van der Waals surface area contributed by atoms with Crippen molar-refractivity contribution in [3.8, 4) is 0 Å². The maximum Gasteiger partial charge on any atom is 0.0858 e. The molecule has 1 saturated heterocycles. The van der Waals surface area contributed by atoms with E-state index in [9.17, 15) is 0 Å². The van der Waals surface area contributed by atoms with Gasteiger partial charge >= 0.3 is 0 Å². The van der Waals surface area contributed by atoms with E-state index in [0.717, 1.165) is 38.4 Å². The third-order valence-electron chi connectivity index (χ3n) is 3.41. The SMILES string of the molecule is CCNC(Cc1ccn(C)n1)C1CN(C)CCO1. The summed E-state index contributed by atoms with van der Waals surface area (Å²) in [6.07, 6.45) is 3.17. The summed E-state index contributed by atoms with van der Waals surface area (Å²) in [4.78, 5) is 2.33. The Morgan fingerprint density at radius 2 is 2.39 bits per heavy atom. The zero-order valence-electron chi connectivity index (χ0n) is 11.6. The fourth-order valence-electron chi connectivity index (χ4n) is 2.45. The molecule has 2 atom stereocenters. The van der Waals surface area contributed by atoms with Crippen molar-refractivity contribution in [2.45, 2.75) is 25.5 Å². The van der Waals surface area contributed by atoms with Gasteiger partial charge in [0.05, 0.1) is 18.4 Å². The number of nitrogens with zero attached hydrogens (tertiary/aromatic N) is 3. The Bertz CT molecular complexity index is 366. The van der Waals surface area contributed by atoms with Crippen LogP contribution in [-0.4, -0.2) is 60.1 Å². The van der Waals surface area contributed by atoms with Crippen molar-refractivity contribution in [1.29, 1.82) is 0 Å². The molecule has 0 aliphatic carbocycles. The zero-order chi connectivity index (χ0) is 13.0. The molecule has 1 aromatic heterocycles. The smallest absolute Gasteiger partial charge is 0.0858 e. The highest BCUT2D eigenvalue weighted by Gasteiger charge is 2.26. The largest absolute Gasteiger partial charge is 0.374 e. The highest BCUT2D eigenvalue weighted by atomic mass is 16.5. The number of hydrogen-bond donors (Lipinski definition) is 1. The second-order valence-electron chi connectivity index (χ2n) is 5.02. The van der Waals surface area contributed by atoms with Gasteiger partial charge < -0.3 is 15.0 Å². The molecule has 0 spiro atoms. The number of nitrogens with one attached hydrogen (secondary N) is 1. The molecule has 1 aromatic rings. The van der Waals surface area contributed by atoms with Gasteiger partial charge in [-0.2, -0.15) is 5.10 Å². The Morgan fingerprint density at radius 1 is 1.56 bits per heavy atom. The van der Waals surface area contributed by atoms with Gasteiger partial charge in [-0.05, 0) is 19.7 Å². The normalized spacial score (nSPS) is 23.2. The van der Waals surface area contributed by atoms with Crippen molar-refractivity contribution < 1.29 is 4.74 Å². The third-order valence-corrected chi connectivity index (χ3v) is 3.41. The number of aryl methyl sites for hydroxylation is 1. The molecule has 0 aromatic carbocycles. The number of aromatic nitrogens is 2. The Balaban J connectivity index is 1.98. The molecule has 1 aliphatic rings. The van der Waals surface area contributed by atoms with E-state index in [0.29, 0.717) is 6.04 Å². The molecule has 0 bridgehead atoms. The summed E-state index contributed by atoms with van der Waals surface area (Å²) in [5, 5.41) is 7.98. The van der Waals surface area contributed by atoms with Crippen LogP contribution in [-0.2, 0) is 18.2 Å². The summed E-state index contributed by atoms with van der Waals surface area (Å²) in [7, 11) is 4.11. The van der Waals surface area contributed by atoms with Gasteiger partial charge in [-0.15, -0.1) is 0 Å². The van der Waals surface area contributed by atoms with Crippen molar-refractivity contribution in [1.82, 2.24) is 20.0 Å². The van der Waals surface area contributed by atoms with E-state index in [-0.39, 0.29) is 6.10 Å². The monoisotopic (exact) mass is 252 g/mol. The topological polar surface area (TPSA) is 42.3 Å². The molecular weight excluding hydrogens is 228 g/mol. The first-order valence-corrected chi connectivity index (χ1v) is 6.71. The van der Waals surface area contributed by atoms with Gasteiger partial charge in [-0.25, -0.2) is 0 Å².